The summed E-state index contributed by atoms with van der Waals surface area (Å²) in [7, 11) is 0. The van der Waals surface area contributed by atoms with Gasteiger partial charge >= 0.3 is 0 Å². The zero-order valence-electron chi connectivity index (χ0n) is 7.04. The Balaban J connectivity index is 3.52. The fourth-order valence-electron chi connectivity index (χ4n) is 0.554. The molecule has 0 aromatic rings. The molecule has 0 heterocycles. The number of nitrogens with zero attached hydrogens (tertiary/aromatic N) is 2. The highest BCUT2D eigenvalue weighted by atomic mass is 15.0. The highest BCUT2D eigenvalue weighted by Gasteiger charge is 1.86. The quantitative estimate of drug-likeness (QED) is 0.535. The van der Waals surface area contributed by atoms with Gasteiger partial charge < -0.3 is 0 Å². The first-order valence-electron chi connectivity index (χ1n) is 3.84. The van der Waals surface area contributed by atoms with Crippen LogP contribution in [0.4, 0.5) is 0 Å². The van der Waals surface area contributed by atoms with Crippen molar-refractivity contribution >= 4 is 12.4 Å². The second-order valence-electron chi connectivity index (χ2n) is 2.11. The topological polar surface area (TPSA) is 24.7 Å². The summed E-state index contributed by atoms with van der Waals surface area (Å²) in [5.41, 5.74) is 0. The monoisotopic (exact) mass is 140 g/mol. The smallest absolute Gasteiger partial charge is 0.135 e. The van der Waals surface area contributed by atoms with Crippen LogP contribution in [0.25, 0.3) is 0 Å². The maximum Gasteiger partial charge on any atom is 0.135 e. The van der Waals surface area contributed by atoms with Crippen molar-refractivity contribution in [3.8, 4) is 0 Å². The fraction of sp³-hybridized carbons (Fsp3) is 0.750. The van der Waals surface area contributed by atoms with Crippen LogP contribution >= 0.6 is 0 Å². The summed E-state index contributed by atoms with van der Waals surface area (Å²) in [6.45, 7) is 6.12. The Morgan fingerprint density at radius 2 is 1.50 bits per heavy atom. The van der Waals surface area contributed by atoms with Crippen molar-refractivity contribution in [2.45, 2.75) is 39.8 Å². The summed E-state index contributed by atoms with van der Waals surface area (Å²) in [5.74, 6) is 0. The van der Waals surface area contributed by atoms with Crippen LogP contribution in [-0.2, 0) is 0 Å². The van der Waals surface area contributed by atoms with Crippen molar-refractivity contribution in [1.29, 1.82) is 0 Å². The molecule has 10 heavy (non-hydrogen) atoms. The van der Waals surface area contributed by atoms with E-state index in [4.69, 9.17) is 0 Å². The minimum atomic E-state index is 0.111. The Labute approximate surface area is 63.1 Å². The van der Waals surface area contributed by atoms with Crippen molar-refractivity contribution in [3.63, 3.8) is 0 Å². The normalized spacial score (nSPS) is 15.1. The molecule has 0 atom stereocenters. The molecule has 0 bridgehead atoms. The van der Waals surface area contributed by atoms with Gasteiger partial charge in [-0.05, 0) is 19.8 Å². The molecule has 0 aromatic carbocycles. The molecule has 0 N–H and O–H groups in total. The van der Waals surface area contributed by atoms with Crippen LogP contribution in [0.1, 0.15) is 33.6 Å². The third-order valence-electron chi connectivity index (χ3n) is 1.01. The molecule has 0 amide bonds. The van der Waals surface area contributed by atoms with Gasteiger partial charge in [0.2, 0.25) is 0 Å². The van der Waals surface area contributed by atoms with Crippen molar-refractivity contribution in [3.05, 3.63) is 0 Å². The molecule has 0 unspecified atom stereocenters. The Kier molecular flexibility index (Phi) is 6.03. The number of rotatable bonds is 4. The van der Waals surface area contributed by atoms with Gasteiger partial charge in [0.15, 0.2) is 0 Å². The third kappa shape index (κ3) is 5.48. The van der Waals surface area contributed by atoms with Gasteiger partial charge in [-0.15, -0.1) is 0 Å². The first-order chi connectivity index (χ1) is 4.81. The van der Waals surface area contributed by atoms with Crippen LogP contribution in [0.15, 0.2) is 9.98 Å². The Morgan fingerprint density at radius 1 is 1.10 bits per heavy atom. The highest BCUT2D eigenvalue weighted by Crippen LogP contribution is 1.89. The van der Waals surface area contributed by atoms with E-state index >= 15 is 0 Å². The van der Waals surface area contributed by atoms with Crippen LogP contribution in [0, 0.1) is 0 Å². The van der Waals surface area contributed by atoms with Crippen LogP contribution < -0.4 is 0 Å². The molecule has 0 aliphatic heterocycles. The predicted octanol–water partition coefficient (Wildman–Crippen LogP) is 2.29. The van der Waals surface area contributed by atoms with E-state index in [2.05, 4.69) is 23.8 Å². The fourth-order valence-corrected chi connectivity index (χ4v) is 0.554. The van der Waals surface area contributed by atoms with Crippen molar-refractivity contribution < 1.29 is 0 Å². The number of hydrogen-bond donors (Lipinski definition) is 0. The molecule has 0 fully saturated rings. The van der Waals surface area contributed by atoms with E-state index in [1.54, 1.807) is 0 Å². The van der Waals surface area contributed by atoms with E-state index in [1.807, 2.05) is 19.4 Å². The van der Waals surface area contributed by atoms with Crippen LogP contribution in [0.2, 0.25) is 0 Å². The van der Waals surface area contributed by atoms with Crippen molar-refractivity contribution in [2.24, 2.45) is 9.98 Å². The number of aliphatic imine (C=N–C) groups is 2. The lowest BCUT2D eigenvalue weighted by Crippen LogP contribution is -1.92. The van der Waals surface area contributed by atoms with Crippen LogP contribution in [0.3, 0.4) is 0 Å². The molecule has 0 aliphatic rings. The van der Waals surface area contributed by atoms with Crippen LogP contribution in [-0.4, -0.2) is 18.6 Å². The van der Waals surface area contributed by atoms with Gasteiger partial charge in [-0.25, -0.2) is 0 Å². The second-order valence-corrected chi connectivity index (χ2v) is 2.11. The minimum absolute atomic E-state index is 0.111. The second kappa shape index (κ2) is 6.46. The molecule has 0 saturated carbocycles. The third-order valence-corrected chi connectivity index (χ3v) is 1.01. The maximum absolute atomic E-state index is 4.16. The van der Waals surface area contributed by atoms with Gasteiger partial charge in [0.1, 0.15) is 6.17 Å². The lowest BCUT2D eigenvalue weighted by atomic mass is 10.5. The Morgan fingerprint density at radius 3 is 1.80 bits per heavy atom. The molecule has 2 nitrogen and oxygen atoms in total. The molecule has 0 aromatic heterocycles. The summed E-state index contributed by atoms with van der Waals surface area (Å²) < 4.78 is 0. The lowest BCUT2D eigenvalue weighted by Gasteiger charge is -1.95. The van der Waals surface area contributed by atoms with E-state index in [0.717, 1.165) is 12.8 Å². The molecular formula is C8H16N2. The molecular weight excluding hydrogens is 124 g/mol. The summed E-state index contributed by atoms with van der Waals surface area (Å²) >= 11 is 0. The average molecular weight is 140 g/mol. The van der Waals surface area contributed by atoms with Gasteiger partial charge in [-0.3, -0.25) is 9.98 Å². The Hall–Kier alpha value is -0.660. The van der Waals surface area contributed by atoms with E-state index in [0.29, 0.717) is 0 Å². The minimum Gasteiger partial charge on any atom is -0.271 e. The SMILES string of the molecule is CCC=NC(C)N=CCC. The van der Waals surface area contributed by atoms with Gasteiger partial charge in [0.05, 0.1) is 0 Å². The molecule has 58 valence electrons. The van der Waals surface area contributed by atoms with E-state index < -0.39 is 0 Å². The van der Waals surface area contributed by atoms with Crippen molar-refractivity contribution in [2.75, 3.05) is 0 Å². The summed E-state index contributed by atoms with van der Waals surface area (Å²) in [5, 5.41) is 0. The first-order valence-corrected chi connectivity index (χ1v) is 3.84. The zero-order valence-corrected chi connectivity index (χ0v) is 7.04. The first kappa shape index (κ1) is 9.34. The van der Waals surface area contributed by atoms with Gasteiger partial charge in [-0.2, -0.15) is 0 Å². The molecule has 0 saturated heterocycles. The van der Waals surface area contributed by atoms with Gasteiger partial charge in [0, 0.05) is 12.4 Å². The van der Waals surface area contributed by atoms with Crippen LogP contribution in [0.5, 0.6) is 0 Å². The molecule has 0 radical (unpaired) electrons. The van der Waals surface area contributed by atoms with E-state index in [-0.39, 0.29) is 6.17 Å². The standard InChI is InChI=1S/C8H16N2/c1-4-6-9-8(3)10-7-5-2/h6-8H,4-5H2,1-3H3. The van der Waals surface area contributed by atoms with Crippen molar-refractivity contribution in [1.82, 2.24) is 0 Å². The molecule has 0 aliphatic carbocycles. The summed E-state index contributed by atoms with van der Waals surface area (Å²) in [4.78, 5) is 8.31. The van der Waals surface area contributed by atoms with Gasteiger partial charge in [0.25, 0.3) is 0 Å². The predicted molar refractivity (Wildman–Crippen MR) is 47.0 cm³/mol. The largest absolute Gasteiger partial charge is 0.271 e. The highest BCUT2D eigenvalue weighted by molar-refractivity contribution is 5.59. The van der Waals surface area contributed by atoms with E-state index in [9.17, 15) is 0 Å². The number of hydrogen-bond acceptors (Lipinski definition) is 2. The Bertz CT molecular complexity index is 102. The maximum atomic E-state index is 4.16. The molecule has 0 spiro atoms. The zero-order chi connectivity index (χ0) is 7.82. The lowest BCUT2D eigenvalue weighted by molar-refractivity contribution is 0.797. The summed E-state index contributed by atoms with van der Waals surface area (Å²) in [6.07, 6.45) is 5.90. The molecule has 2 heteroatoms. The van der Waals surface area contributed by atoms with E-state index in [1.165, 1.54) is 0 Å². The van der Waals surface area contributed by atoms with Gasteiger partial charge in [-0.1, -0.05) is 13.8 Å². The summed E-state index contributed by atoms with van der Waals surface area (Å²) in [6, 6.07) is 0. The average Bonchev–Trinajstić information content (AvgIpc) is 1.97. The molecule has 0 rings (SSSR count).